The number of anilines is 3. The molecule has 1 aromatic carbocycles. The molecule has 1 aliphatic rings. The number of hydrogen-bond acceptors (Lipinski definition) is 4. The van der Waals surface area contributed by atoms with Gasteiger partial charge in [-0.15, -0.1) is 0 Å². The Morgan fingerprint density at radius 2 is 1.78 bits per heavy atom. The average Bonchev–Trinajstić information content (AvgIpc) is 2.63. The Bertz CT molecular complexity index is 663. The van der Waals surface area contributed by atoms with Crippen LogP contribution in [0.3, 0.4) is 0 Å². The Kier molecular flexibility index (Phi) is 4.76. The van der Waals surface area contributed by atoms with Gasteiger partial charge in [0.25, 0.3) is 5.91 Å². The van der Waals surface area contributed by atoms with Gasteiger partial charge in [0.2, 0.25) is 0 Å². The number of benzene rings is 1. The van der Waals surface area contributed by atoms with Crippen molar-refractivity contribution in [2.24, 2.45) is 0 Å². The summed E-state index contributed by atoms with van der Waals surface area (Å²) in [5, 5.41) is 5.83. The SMILES string of the molecule is CNc1cccc(C(=O)Nc2ccc(N3CCCCC3)cc2)n1. The summed E-state index contributed by atoms with van der Waals surface area (Å²) in [6.45, 7) is 2.23. The molecule has 0 atom stereocenters. The fraction of sp³-hybridized carbons (Fsp3) is 0.333. The summed E-state index contributed by atoms with van der Waals surface area (Å²) in [5.41, 5.74) is 2.40. The van der Waals surface area contributed by atoms with Crippen LogP contribution < -0.4 is 15.5 Å². The molecular formula is C18H22N4O. The van der Waals surface area contributed by atoms with E-state index in [9.17, 15) is 4.79 Å². The molecule has 2 aromatic rings. The van der Waals surface area contributed by atoms with Gasteiger partial charge in [-0.25, -0.2) is 4.98 Å². The van der Waals surface area contributed by atoms with Crippen molar-refractivity contribution < 1.29 is 4.79 Å². The lowest BCUT2D eigenvalue weighted by molar-refractivity contribution is 0.102. The molecule has 2 N–H and O–H groups in total. The second kappa shape index (κ2) is 7.13. The number of piperidine rings is 1. The quantitative estimate of drug-likeness (QED) is 0.909. The van der Waals surface area contributed by atoms with Crippen LogP contribution in [0.4, 0.5) is 17.2 Å². The minimum Gasteiger partial charge on any atom is -0.373 e. The van der Waals surface area contributed by atoms with Gasteiger partial charge in [-0.3, -0.25) is 4.79 Å². The number of carbonyl (C=O) groups is 1. The van der Waals surface area contributed by atoms with E-state index in [4.69, 9.17) is 0 Å². The van der Waals surface area contributed by atoms with Gasteiger partial charge in [0.15, 0.2) is 0 Å². The van der Waals surface area contributed by atoms with Crippen molar-refractivity contribution in [2.45, 2.75) is 19.3 Å². The molecule has 2 heterocycles. The third kappa shape index (κ3) is 3.80. The largest absolute Gasteiger partial charge is 0.373 e. The zero-order valence-electron chi connectivity index (χ0n) is 13.4. The zero-order valence-corrected chi connectivity index (χ0v) is 13.4. The summed E-state index contributed by atoms with van der Waals surface area (Å²) in [5.74, 6) is 0.478. The van der Waals surface area contributed by atoms with Crippen LogP contribution in [0.1, 0.15) is 29.8 Å². The molecule has 0 radical (unpaired) electrons. The molecule has 0 unspecified atom stereocenters. The monoisotopic (exact) mass is 310 g/mol. The van der Waals surface area contributed by atoms with Crippen molar-refractivity contribution in [2.75, 3.05) is 35.7 Å². The molecule has 3 rings (SSSR count). The van der Waals surface area contributed by atoms with Crippen molar-refractivity contribution >= 4 is 23.1 Å². The first-order valence-electron chi connectivity index (χ1n) is 8.07. The van der Waals surface area contributed by atoms with Crippen LogP contribution in [0.5, 0.6) is 0 Å². The third-order valence-electron chi connectivity index (χ3n) is 4.08. The van der Waals surface area contributed by atoms with Gasteiger partial charge in [-0.05, 0) is 55.7 Å². The van der Waals surface area contributed by atoms with E-state index in [-0.39, 0.29) is 5.91 Å². The molecular weight excluding hydrogens is 288 g/mol. The molecule has 23 heavy (non-hydrogen) atoms. The van der Waals surface area contributed by atoms with E-state index in [0.29, 0.717) is 11.5 Å². The number of hydrogen-bond donors (Lipinski definition) is 2. The van der Waals surface area contributed by atoms with Crippen molar-refractivity contribution in [3.8, 4) is 0 Å². The number of pyridine rings is 1. The standard InChI is InChI=1S/C18H22N4O/c1-19-17-7-5-6-16(21-17)18(23)20-14-8-10-15(11-9-14)22-12-3-2-4-13-22/h5-11H,2-4,12-13H2,1H3,(H,19,21)(H,20,23). The number of rotatable bonds is 4. The van der Waals surface area contributed by atoms with E-state index >= 15 is 0 Å². The van der Waals surface area contributed by atoms with Crippen LogP contribution in [0.25, 0.3) is 0 Å². The number of aromatic nitrogens is 1. The predicted octanol–water partition coefficient (Wildman–Crippen LogP) is 3.37. The van der Waals surface area contributed by atoms with Gasteiger partial charge < -0.3 is 15.5 Å². The Balaban J connectivity index is 1.66. The van der Waals surface area contributed by atoms with Crippen LogP contribution in [0.2, 0.25) is 0 Å². The van der Waals surface area contributed by atoms with Gasteiger partial charge in [0.05, 0.1) is 0 Å². The Hall–Kier alpha value is -2.56. The van der Waals surface area contributed by atoms with Crippen LogP contribution >= 0.6 is 0 Å². The van der Waals surface area contributed by atoms with E-state index in [1.165, 1.54) is 24.9 Å². The van der Waals surface area contributed by atoms with Crippen LogP contribution in [0.15, 0.2) is 42.5 Å². The first-order valence-corrected chi connectivity index (χ1v) is 8.07. The Morgan fingerprint density at radius 1 is 1.04 bits per heavy atom. The van der Waals surface area contributed by atoms with Gasteiger partial charge in [-0.1, -0.05) is 6.07 Å². The van der Waals surface area contributed by atoms with E-state index in [2.05, 4.69) is 32.7 Å². The maximum absolute atomic E-state index is 12.3. The highest BCUT2D eigenvalue weighted by molar-refractivity contribution is 6.03. The summed E-state index contributed by atoms with van der Waals surface area (Å²) in [4.78, 5) is 18.9. The first-order chi connectivity index (χ1) is 11.3. The van der Waals surface area contributed by atoms with Crippen molar-refractivity contribution in [1.29, 1.82) is 0 Å². The van der Waals surface area contributed by atoms with E-state index in [1.807, 2.05) is 24.3 Å². The molecule has 1 aromatic heterocycles. The molecule has 0 bridgehead atoms. The van der Waals surface area contributed by atoms with Crippen LogP contribution in [-0.4, -0.2) is 31.0 Å². The fourth-order valence-corrected chi connectivity index (χ4v) is 2.80. The first kappa shape index (κ1) is 15.3. The van der Waals surface area contributed by atoms with Gasteiger partial charge in [-0.2, -0.15) is 0 Å². The minimum atomic E-state index is -0.201. The summed E-state index contributed by atoms with van der Waals surface area (Å²) in [6.07, 6.45) is 3.83. The van der Waals surface area contributed by atoms with Crippen molar-refractivity contribution in [3.05, 3.63) is 48.2 Å². The smallest absolute Gasteiger partial charge is 0.274 e. The molecule has 1 fully saturated rings. The van der Waals surface area contributed by atoms with E-state index < -0.39 is 0 Å². The maximum Gasteiger partial charge on any atom is 0.274 e. The summed E-state index contributed by atoms with van der Waals surface area (Å²) >= 11 is 0. The summed E-state index contributed by atoms with van der Waals surface area (Å²) in [7, 11) is 1.78. The molecule has 5 heteroatoms. The lowest BCUT2D eigenvalue weighted by atomic mass is 10.1. The van der Waals surface area contributed by atoms with Gasteiger partial charge in [0.1, 0.15) is 11.5 Å². The lowest BCUT2D eigenvalue weighted by Crippen LogP contribution is -2.29. The normalized spacial score (nSPS) is 14.4. The Morgan fingerprint density at radius 3 is 2.48 bits per heavy atom. The molecule has 1 saturated heterocycles. The predicted molar refractivity (Wildman–Crippen MR) is 94.2 cm³/mol. The highest BCUT2D eigenvalue weighted by Gasteiger charge is 2.12. The van der Waals surface area contributed by atoms with Crippen molar-refractivity contribution in [1.82, 2.24) is 4.98 Å². The van der Waals surface area contributed by atoms with Crippen LogP contribution in [-0.2, 0) is 0 Å². The Labute approximate surface area is 136 Å². The third-order valence-corrected chi connectivity index (χ3v) is 4.08. The van der Waals surface area contributed by atoms with E-state index in [1.54, 1.807) is 13.1 Å². The second-order valence-electron chi connectivity index (χ2n) is 5.71. The fourth-order valence-electron chi connectivity index (χ4n) is 2.80. The summed E-state index contributed by atoms with van der Waals surface area (Å²) in [6, 6.07) is 13.4. The maximum atomic E-state index is 12.3. The molecule has 0 spiro atoms. The summed E-state index contributed by atoms with van der Waals surface area (Å²) < 4.78 is 0. The number of amides is 1. The van der Waals surface area contributed by atoms with Gasteiger partial charge >= 0.3 is 0 Å². The average molecular weight is 310 g/mol. The highest BCUT2D eigenvalue weighted by Crippen LogP contribution is 2.22. The molecule has 0 aliphatic carbocycles. The lowest BCUT2D eigenvalue weighted by Gasteiger charge is -2.28. The number of nitrogens with one attached hydrogen (secondary N) is 2. The van der Waals surface area contributed by atoms with E-state index in [0.717, 1.165) is 18.8 Å². The van der Waals surface area contributed by atoms with Crippen molar-refractivity contribution in [3.63, 3.8) is 0 Å². The molecule has 5 nitrogen and oxygen atoms in total. The molecule has 0 saturated carbocycles. The zero-order chi connectivity index (χ0) is 16.1. The molecule has 1 amide bonds. The minimum absolute atomic E-state index is 0.201. The molecule has 120 valence electrons. The van der Waals surface area contributed by atoms with Gasteiger partial charge in [0, 0.05) is 31.5 Å². The van der Waals surface area contributed by atoms with Crippen LogP contribution in [0, 0.1) is 0 Å². The topological polar surface area (TPSA) is 57.3 Å². The molecule has 1 aliphatic heterocycles. The number of nitrogens with zero attached hydrogens (tertiary/aromatic N) is 2. The number of carbonyl (C=O) groups excluding carboxylic acids is 1. The highest BCUT2D eigenvalue weighted by atomic mass is 16.1. The second-order valence-corrected chi connectivity index (χ2v) is 5.71.